The predicted molar refractivity (Wildman–Crippen MR) is 69.1 cm³/mol. The molecule has 4 heteroatoms. The number of benzene rings is 1. The van der Waals surface area contributed by atoms with Crippen LogP contribution in [-0.4, -0.2) is 41.7 Å². The molecule has 1 atom stereocenters. The third-order valence-corrected chi connectivity index (χ3v) is 3.00. The van der Waals surface area contributed by atoms with Gasteiger partial charge in [0.05, 0.1) is 5.56 Å². The van der Waals surface area contributed by atoms with E-state index in [-0.39, 0.29) is 11.7 Å². The fourth-order valence-electron chi connectivity index (χ4n) is 2.14. The van der Waals surface area contributed by atoms with E-state index in [2.05, 4.69) is 11.5 Å². The van der Waals surface area contributed by atoms with Gasteiger partial charge in [0.25, 0.3) is 0 Å². The fourth-order valence-corrected chi connectivity index (χ4v) is 2.14. The first-order chi connectivity index (χ1) is 8.69. The largest absolute Gasteiger partial charge is 0.489 e. The lowest BCUT2D eigenvalue weighted by atomic mass is 10.2. The molecule has 2 rings (SSSR count). The van der Waals surface area contributed by atoms with Crippen LogP contribution in [0.3, 0.4) is 0 Å². The summed E-state index contributed by atoms with van der Waals surface area (Å²) in [5.74, 6) is -0.305. The second-order valence-electron chi connectivity index (χ2n) is 4.41. The van der Waals surface area contributed by atoms with Crippen LogP contribution in [0.1, 0.15) is 16.8 Å². The van der Waals surface area contributed by atoms with Crippen LogP contribution in [0, 0.1) is 0 Å². The standard InChI is InChI=1S/C14H17NO3/c1-2-7-15-8-6-13(10-15)18-12-5-3-4-11(9-12)14(16)17/h2-5,9,13H,1,6-8,10H2,(H,16,17). The van der Waals surface area contributed by atoms with E-state index >= 15 is 0 Å². The highest BCUT2D eigenvalue weighted by Gasteiger charge is 2.23. The average Bonchev–Trinajstić information content (AvgIpc) is 2.77. The lowest BCUT2D eigenvalue weighted by molar-refractivity contribution is 0.0696. The molecule has 1 heterocycles. The molecule has 1 aliphatic rings. The molecule has 0 saturated carbocycles. The summed E-state index contributed by atoms with van der Waals surface area (Å²) >= 11 is 0. The zero-order chi connectivity index (χ0) is 13.0. The molecule has 1 aliphatic heterocycles. The molecule has 0 aliphatic carbocycles. The Morgan fingerprint density at radius 3 is 3.17 bits per heavy atom. The third kappa shape index (κ3) is 3.11. The molecule has 0 bridgehead atoms. The van der Waals surface area contributed by atoms with Crippen molar-refractivity contribution in [1.29, 1.82) is 0 Å². The van der Waals surface area contributed by atoms with Gasteiger partial charge in [0.15, 0.2) is 0 Å². The zero-order valence-electron chi connectivity index (χ0n) is 10.2. The maximum atomic E-state index is 10.9. The number of carboxylic acid groups (broad SMARTS) is 1. The SMILES string of the molecule is C=CCN1CCC(Oc2cccc(C(=O)O)c2)C1. The van der Waals surface area contributed by atoms with E-state index in [1.165, 1.54) is 0 Å². The number of hydrogen-bond acceptors (Lipinski definition) is 3. The van der Waals surface area contributed by atoms with Gasteiger partial charge in [0, 0.05) is 19.6 Å². The summed E-state index contributed by atoms with van der Waals surface area (Å²) in [4.78, 5) is 13.1. The van der Waals surface area contributed by atoms with Crippen LogP contribution in [0.5, 0.6) is 5.75 Å². The number of carboxylic acids is 1. The summed E-state index contributed by atoms with van der Waals surface area (Å²) in [6, 6.07) is 6.63. The van der Waals surface area contributed by atoms with Crippen molar-refractivity contribution in [2.24, 2.45) is 0 Å². The number of ether oxygens (including phenoxy) is 1. The van der Waals surface area contributed by atoms with Crippen LogP contribution in [-0.2, 0) is 0 Å². The lowest BCUT2D eigenvalue weighted by Crippen LogP contribution is -2.24. The van der Waals surface area contributed by atoms with Crippen LogP contribution in [0.2, 0.25) is 0 Å². The first kappa shape index (κ1) is 12.6. The number of aromatic carboxylic acids is 1. The molecule has 1 saturated heterocycles. The van der Waals surface area contributed by atoms with Crippen molar-refractivity contribution in [2.75, 3.05) is 19.6 Å². The summed E-state index contributed by atoms with van der Waals surface area (Å²) in [7, 11) is 0. The third-order valence-electron chi connectivity index (χ3n) is 3.00. The first-order valence-corrected chi connectivity index (χ1v) is 6.02. The van der Waals surface area contributed by atoms with E-state index in [9.17, 15) is 4.79 Å². The van der Waals surface area contributed by atoms with Gasteiger partial charge in [-0.05, 0) is 24.6 Å². The van der Waals surface area contributed by atoms with Crippen molar-refractivity contribution in [3.63, 3.8) is 0 Å². The van der Waals surface area contributed by atoms with Gasteiger partial charge in [0.1, 0.15) is 11.9 Å². The smallest absolute Gasteiger partial charge is 0.335 e. The molecule has 1 unspecified atom stereocenters. The van der Waals surface area contributed by atoms with Gasteiger partial charge >= 0.3 is 5.97 Å². The van der Waals surface area contributed by atoms with Crippen LogP contribution in [0.4, 0.5) is 0 Å². The Labute approximate surface area is 106 Å². The minimum absolute atomic E-state index is 0.133. The summed E-state index contributed by atoms with van der Waals surface area (Å²) in [6.07, 6.45) is 2.98. The molecule has 0 aromatic heterocycles. The second-order valence-corrected chi connectivity index (χ2v) is 4.41. The Morgan fingerprint density at radius 1 is 1.61 bits per heavy atom. The van der Waals surface area contributed by atoms with E-state index in [0.29, 0.717) is 5.75 Å². The molecule has 0 amide bonds. The quantitative estimate of drug-likeness (QED) is 0.809. The number of rotatable bonds is 5. The van der Waals surface area contributed by atoms with Crippen LogP contribution in [0.15, 0.2) is 36.9 Å². The van der Waals surface area contributed by atoms with Gasteiger partial charge in [-0.2, -0.15) is 0 Å². The molecule has 1 N–H and O–H groups in total. The van der Waals surface area contributed by atoms with Crippen molar-refractivity contribution < 1.29 is 14.6 Å². The molecule has 1 fully saturated rings. The molecule has 1 aromatic carbocycles. The molecular weight excluding hydrogens is 230 g/mol. The van der Waals surface area contributed by atoms with Gasteiger partial charge in [-0.25, -0.2) is 4.79 Å². The highest BCUT2D eigenvalue weighted by molar-refractivity contribution is 5.87. The molecule has 1 aromatic rings. The van der Waals surface area contributed by atoms with E-state index < -0.39 is 5.97 Å². The predicted octanol–water partition coefficient (Wildman–Crippen LogP) is 2.02. The molecule has 0 spiro atoms. The van der Waals surface area contributed by atoms with Crippen LogP contribution >= 0.6 is 0 Å². The Hall–Kier alpha value is -1.81. The second kappa shape index (κ2) is 5.69. The van der Waals surface area contributed by atoms with Crippen molar-refractivity contribution in [3.8, 4) is 5.75 Å². The summed E-state index contributed by atoms with van der Waals surface area (Å²) < 4.78 is 5.80. The average molecular weight is 247 g/mol. The van der Waals surface area contributed by atoms with Gasteiger partial charge in [-0.1, -0.05) is 12.1 Å². The van der Waals surface area contributed by atoms with Gasteiger partial charge in [-0.3, -0.25) is 4.90 Å². The van der Waals surface area contributed by atoms with Crippen LogP contribution < -0.4 is 4.74 Å². The van der Waals surface area contributed by atoms with Crippen molar-refractivity contribution in [1.82, 2.24) is 4.90 Å². The summed E-state index contributed by atoms with van der Waals surface area (Å²) in [5, 5.41) is 8.91. The molecule has 96 valence electrons. The first-order valence-electron chi connectivity index (χ1n) is 6.02. The number of carbonyl (C=O) groups is 1. The Bertz CT molecular complexity index is 444. The number of likely N-dealkylation sites (tertiary alicyclic amines) is 1. The van der Waals surface area contributed by atoms with Crippen molar-refractivity contribution in [2.45, 2.75) is 12.5 Å². The minimum Gasteiger partial charge on any atom is -0.489 e. The van der Waals surface area contributed by atoms with Crippen molar-refractivity contribution >= 4 is 5.97 Å². The molecular formula is C14H17NO3. The monoisotopic (exact) mass is 247 g/mol. The summed E-state index contributed by atoms with van der Waals surface area (Å²) in [6.45, 7) is 6.45. The minimum atomic E-state index is -0.930. The molecule has 4 nitrogen and oxygen atoms in total. The van der Waals surface area contributed by atoms with Gasteiger partial charge < -0.3 is 9.84 Å². The Kier molecular flexibility index (Phi) is 3.99. The van der Waals surface area contributed by atoms with E-state index in [1.54, 1.807) is 24.3 Å². The number of hydrogen-bond donors (Lipinski definition) is 1. The topological polar surface area (TPSA) is 49.8 Å². The van der Waals surface area contributed by atoms with Gasteiger partial charge in [0.2, 0.25) is 0 Å². The molecule has 0 radical (unpaired) electrons. The van der Waals surface area contributed by atoms with E-state index in [1.807, 2.05) is 6.08 Å². The Morgan fingerprint density at radius 2 is 2.44 bits per heavy atom. The van der Waals surface area contributed by atoms with Crippen LogP contribution in [0.25, 0.3) is 0 Å². The highest BCUT2D eigenvalue weighted by atomic mass is 16.5. The van der Waals surface area contributed by atoms with E-state index in [4.69, 9.17) is 9.84 Å². The number of nitrogens with zero attached hydrogens (tertiary/aromatic N) is 1. The lowest BCUT2D eigenvalue weighted by Gasteiger charge is -2.15. The van der Waals surface area contributed by atoms with Gasteiger partial charge in [-0.15, -0.1) is 6.58 Å². The summed E-state index contributed by atoms with van der Waals surface area (Å²) in [5.41, 5.74) is 0.258. The van der Waals surface area contributed by atoms with E-state index in [0.717, 1.165) is 26.1 Å². The maximum absolute atomic E-state index is 10.9. The van der Waals surface area contributed by atoms with Crippen molar-refractivity contribution in [3.05, 3.63) is 42.5 Å². The normalized spacial score (nSPS) is 19.7. The fraction of sp³-hybridized carbons (Fsp3) is 0.357. The maximum Gasteiger partial charge on any atom is 0.335 e. The zero-order valence-corrected chi connectivity index (χ0v) is 10.2. The Balaban J connectivity index is 1.96. The highest BCUT2D eigenvalue weighted by Crippen LogP contribution is 2.19. The molecule has 18 heavy (non-hydrogen) atoms.